The van der Waals surface area contributed by atoms with Crippen LogP contribution in [-0.4, -0.2) is 16.8 Å². The topological polar surface area (TPSA) is 39.1 Å². The first kappa shape index (κ1) is 17.8. The van der Waals surface area contributed by atoms with Gasteiger partial charge in [-0.3, -0.25) is 0 Å². The number of hydrogen-bond donors (Lipinski definition) is 1. The molecule has 1 heterocycles. The van der Waals surface area contributed by atoms with E-state index in [1.807, 2.05) is 7.05 Å². The Hall–Kier alpha value is -2.02. The van der Waals surface area contributed by atoms with Gasteiger partial charge in [0.05, 0.1) is 5.69 Å². The molecule has 1 N–H and O–H groups in total. The van der Waals surface area contributed by atoms with Crippen LogP contribution >= 0.6 is 0 Å². The average molecular weight is 353 g/mol. The molecule has 0 saturated heterocycles. The van der Waals surface area contributed by atoms with Crippen LogP contribution in [0.5, 0.6) is 5.88 Å². The Morgan fingerprint density at radius 3 is 2.68 bits per heavy atom. The van der Waals surface area contributed by atoms with E-state index in [-0.39, 0.29) is 12.2 Å². The number of aromatic nitrogens is 2. The summed E-state index contributed by atoms with van der Waals surface area (Å²) in [5.41, 5.74) is 0.795. The SMILES string of the molecule is CNCc1cc(OCc2ccc(F)c(F)c2F)n(CC2CCCC2)n1. The van der Waals surface area contributed by atoms with E-state index in [4.69, 9.17) is 4.74 Å². The second-order valence-corrected chi connectivity index (χ2v) is 6.46. The monoisotopic (exact) mass is 353 g/mol. The summed E-state index contributed by atoms with van der Waals surface area (Å²) in [6.45, 7) is 1.16. The van der Waals surface area contributed by atoms with Crippen LogP contribution in [0.1, 0.15) is 36.9 Å². The minimum atomic E-state index is -1.48. The van der Waals surface area contributed by atoms with E-state index >= 15 is 0 Å². The number of halogens is 3. The fraction of sp³-hybridized carbons (Fsp3) is 0.500. The maximum absolute atomic E-state index is 13.8. The minimum absolute atomic E-state index is 0.0253. The molecule has 25 heavy (non-hydrogen) atoms. The predicted octanol–water partition coefficient (Wildman–Crippen LogP) is 3.79. The predicted molar refractivity (Wildman–Crippen MR) is 87.6 cm³/mol. The zero-order valence-corrected chi connectivity index (χ0v) is 14.2. The number of benzene rings is 1. The molecular formula is C18H22F3N3O. The molecule has 1 aliphatic rings. The van der Waals surface area contributed by atoms with Crippen molar-refractivity contribution in [2.75, 3.05) is 7.05 Å². The Morgan fingerprint density at radius 1 is 1.20 bits per heavy atom. The summed E-state index contributed by atoms with van der Waals surface area (Å²) in [5, 5.41) is 7.56. The normalized spacial score (nSPS) is 15.0. The highest BCUT2D eigenvalue weighted by molar-refractivity contribution is 5.21. The molecule has 0 bridgehead atoms. The van der Waals surface area contributed by atoms with Crippen LogP contribution in [0.2, 0.25) is 0 Å². The Balaban J connectivity index is 1.75. The third-order valence-electron chi connectivity index (χ3n) is 4.55. The van der Waals surface area contributed by atoms with Gasteiger partial charge in [0.1, 0.15) is 6.61 Å². The summed E-state index contributed by atoms with van der Waals surface area (Å²) in [6.07, 6.45) is 4.79. The van der Waals surface area contributed by atoms with E-state index in [0.717, 1.165) is 18.3 Å². The molecule has 1 aromatic carbocycles. The van der Waals surface area contributed by atoms with Crippen LogP contribution in [0, 0.1) is 23.4 Å². The largest absolute Gasteiger partial charge is 0.473 e. The molecule has 1 aliphatic carbocycles. The molecule has 3 rings (SSSR count). The van der Waals surface area contributed by atoms with Gasteiger partial charge in [-0.05, 0) is 37.9 Å². The maximum atomic E-state index is 13.8. The maximum Gasteiger partial charge on any atom is 0.212 e. The van der Waals surface area contributed by atoms with Crippen LogP contribution < -0.4 is 10.1 Å². The Kier molecular flexibility index (Phi) is 5.63. The van der Waals surface area contributed by atoms with Gasteiger partial charge in [-0.15, -0.1) is 0 Å². The van der Waals surface area contributed by atoms with Crippen LogP contribution in [0.4, 0.5) is 13.2 Å². The first-order chi connectivity index (χ1) is 12.1. The lowest BCUT2D eigenvalue weighted by molar-refractivity contribution is 0.255. The van der Waals surface area contributed by atoms with E-state index in [9.17, 15) is 13.2 Å². The Labute approximate surface area is 145 Å². The number of nitrogens with zero attached hydrogens (tertiary/aromatic N) is 2. The fourth-order valence-electron chi connectivity index (χ4n) is 3.23. The molecule has 0 unspecified atom stereocenters. The van der Waals surface area contributed by atoms with Crippen LogP contribution in [-0.2, 0) is 19.7 Å². The lowest BCUT2D eigenvalue weighted by atomic mass is 10.1. The molecule has 2 aromatic rings. The summed E-state index contributed by atoms with van der Waals surface area (Å²) in [5.74, 6) is -2.82. The lowest BCUT2D eigenvalue weighted by Crippen LogP contribution is -2.13. The molecule has 1 fully saturated rings. The van der Waals surface area contributed by atoms with Crippen molar-refractivity contribution in [1.29, 1.82) is 0 Å². The number of rotatable bonds is 7. The fourth-order valence-corrected chi connectivity index (χ4v) is 3.23. The molecule has 0 radical (unpaired) electrons. The summed E-state index contributed by atoms with van der Waals surface area (Å²) in [6, 6.07) is 3.89. The third kappa shape index (κ3) is 4.15. The molecule has 1 aromatic heterocycles. The summed E-state index contributed by atoms with van der Waals surface area (Å²) in [4.78, 5) is 0. The van der Waals surface area contributed by atoms with Crippen LogP contribution in [0.25, 0.3) is 0 Å². The van der Waals surface area contributed by atoms with Crippen LogP contribution in [0.3, 0.4) is 0 Å². The van der Waals surface area contributed by atoms with Gasteiger partial charge in [-0.2, -0.15) is 5.10 Å². The van der Waals surface area contributed by atoms with Gasteiger partial charge >= 0.3 is 0 Å². The number of ether oxygens (including phenoxy) is 1. The van der Waals surface area contributed by atoms with Gasteiger partial charge in [-0.1, -0.05) is 12.8 Å². The highest BCUT2D eigenvalue weighted by atomic mass is 19.2. The second kappa shape index (κ2) is 7.91. The lowest BCUT2D eigenvalue weighted by Gasteiger charge is -2.13. The van der Waals surface area contributed by atoms with Gasteiger partial charge in [0, 0.05) is 24.7 Å². The van der Waals surface area contributed by atoms with Gasteiger partial charge in [0.15, 0.2) is 17.5 Å². The molecule has 1 saturated carbocycles. The Morgan fingerprint density at radius 2 is 1.96 bits per heavy atom. The standard InChI is InChI=1S/C18H22F3N3O/c1-22-9-14-8-16(24(23-14)10-12-4-2-3-5-12)25-11-13-6-7-15(19)18(21)17(13)20/h6-8,12,22H,2-5,9-11H2,1H3. The first-order valence-electron chi connectivity index (χ1n) is 8.55. The minimum Gasteiger partial charge on any atom is -0.473 e. The number of hydrogen-bond acceptors (Lipinski definition) is 3. The molecule has 0 amide bonds. The smallest absolute Gasteiger partial charge is 0.212 e. The van der Waals surface area contributed by atoms with E-state index in [1.165, 1.54) is 31.7 Å². The third-order valence-corrected chi connectivity index (χ3v) is 4.55. The quantitative estimate of drug-likeness (QED) is 0.770. The van der Waals surface area contributed by atoms with Crippen molar-refractivity contribution in [3.05, 3.63) is 46.9 Å². The van der Waals surface area contributed by atoms with Gasteiger partial charge in [0.25, 0.3) is 0 Å². The summed E-state index contributed by atoms with van der Waals surface area (Å²) in [7, 11) is 1.83. The Bertz CT molecular complexity index is 727. The van der Waals surface area contributed by atoms with Crippen molar-refractivity contribution in [2.45, 2.75) is 45.4 Å². The van der Waals surface area contributed by atoms with E-state index in [2.05, 4.69) is 10.4 Å². The van der Waals surface area contributed by atoms with Gasteiger partial charge < -0.3 is 10.1 Å². The van der Waals surface area contributed by atoms with Crippen LogP contribution in [0.15, 0.2) is 18.2 Å². The zero-order chi connectivity index (χ0) is 17.8. The molecule has 0 aliphatic heterocycles. The van der Waals surface area contributed by atoms with Crippen molar-refractivity contribution in [3.8, 4) is 5.88 Å². The van der Waals surface area contributed by atoms with E-state index in [0.29, 0.717) is 18.3 Å². The highest BCUT2D eigenvalue weighted by Crippen LogP contribution is 2.28. The molecule has 7 heteroatoms. The van der Waals surface area contributed by atoms with Crippen molar-refractivity contribution < 1.29 is 17.9 Å². The summed E-state index contributed by atoms with van der Waals surface area (Å²) >= 11 is 0. The molecule has 136 valence electrons. The van der Waals surface area contributed by atoms with E-state index < -0.39 is 17.5 Å². The summed E-state index contributed by atoms with van der Waals surface area (Å²) < 4.78 is 47.6. The van der Waals surface area contributed by atoms with Crippen molar-refractivity contribution in [1.82, 2.24) is 15.1 Å². The van der Waals surface area contributed by atoms with E-state index in [1.54, 1.807) is 10.7 Å². The van der Waals surface area contributed by atoms with Crippen molar-refractivity contribution >= 4 is 0 Å². The zero-order valence-electron chi connectivity index (χ0n) is 14.2. The molecule has 0 atom stereocenters. The molecule has 0 spiro atoms. The first-order valence-corrected chi connectivity index (χ1v) is 8.55. The molecule has 4 nitrogen and oxygen atoms in total. The van der Waals surface area contributed by atoms with Gasteiger partial charge in [0.2, 0.25) is 5.88 Å². The van der Waals surface area contributed by atoms with Gasteiger partial charge in [-0.25, -0.2) is 17.9 Å². The second-order valence-electron chi connectivity index (χ2n) is 6.46. The van der Waals surface area contributed by atoms with Crippen molar-refractivity contribution in [3.63, 3.8) is 0 Å². The average Bonchev–Trinajstić information content (AvgIpc) is 3.23. The number of nitrogens with one attached hydrogen (secondary N) is 1. The highest BCUT2D eigenvalue weighted by Gasteiger charge is 2.19. The van der Waals surface area contributed by atoms with Crippen molar-refractivity contribution in [2.24, 2.45) is 5.92 Å². The molecular weight excluding hydrogens is 331 g/mol.